The van der Waals surface area contributed by atoms with Crippen LogP contribution >= 0.6 is 0 Å². The Bertz CT molecular complexity index is 911. The monoisotopic (exact) mass is 396 g/mol. The van der Waals surface area contributed by atoms with Crippen molar-refractivity contribution >= 4 is 15.9 Å². The second-order valence-electron chi connectivity index (χ2n) is 5.96. The summed E-state index contributed by atoms with van der Waals surface area (Å²) >= 11 is 0. The van der Waals surface area contributed by atoms with E-state index in [0.717, 1.165) is 12.1 Å². The summed E-state index contributed by atoms with van der Waals surface area (Å²) in [6, 6.07) is 10.4. The molecule has 0 aliphatic carbocycles. The molecule has 0 bridgehead atoms. The van der Waals surface area contributed by atoms with Crippen LogP contribution in [0.15, 0.2) is 53.4 Å². The van der Waals surface area contributed by atoms with Gasteiger partial charge in [0.25, 0.3) is 5.91 Å². The van der Waals surface area contributed by atoms with Gasteiger partial charge in [0.1, 0.15) is 5.82 Å². The number of sulfonamides is 1. The van der Waals surface area contributed by atoms with Gasteiger partial charge in [-0.2, -0.15) is 4.31 Å². The Labute approximate surface area is 156 Å². The molecule has 0 aromatic heterocycles. The molecule has 1 heterocycles. The third-order valence-electron chi connectivity index (χ3n) is 4.23. The standard InChI is InChI=1S/C18H18F2N2O4S/c19-14-5-7-15(8-6-14)27(24,25)22-11-9-21(10-12-22)18(23)13-26-17-4-2-1-3-16(17)20/h1-8H,9-13H2. The van der Waals surface area contributed by atoms with Crippen LogP contribution in [0.3, 0.4) is 0 Å². The van der Waals surface area contributed by atoms with Crippen LogP contribution < -0.4 is 4.74 Å². The van der Waals surface area contributed by atoms with Gasteiger partial charge < -0.3 is 9.64 Å². The van der Waals surface area contributed by atoms with Gasteiger partial charge in [0.05, 0.1) is 4.90 Å². The van der Waals surface area contributed by atoms with E-state index in [-0.39, 0.29) is 49.3 Å². The first-order chi connectivity index (χ1) is 12.9. The first-order valence-corrected chi connectivity index (χ1v) is 9.73. The van der Waals surface area contributed by atoms with E-state index in [9.17, 15) is 22.0 Å². The van der Waals surface area contributed by atoms with Crippen molar-refractivity contribution < 1.29 is 26.7 Å². The van der Waals surface area contributed by atoms with E-state index in [1.807, 2.05) is 0 Å². The highest BCUT2D eigenvalue weighted by atomic mass is 32.2. The first-order valence-electron chi connectivity index (χ1n) is 8.29. The molecule has 0 spiro atoms. The summed E-state index contributed by atoms with van der Waals surface area (Å²) in [6.45, 7) is 0.293. The molecule has 0 N–H and O–H groups in total. The summed E-state index contributed by atoms with van der Waals surface area (Å²) < 4.78 is 58.1. The molecule has 9 heteroatoms. The van der Waals surface area contributed by atoms with Crippen molar-refractivity contribution in [3.05, 3.63) is 60.2 Å². The second-order valence-corrected chi connectivity index (χ2v) is 7.90. The molecule has 0 radical (unpaired) electrons. The normalized spacial score (nSPS) is 15.6. The van der Waals surface area contributed by atoms with Crippen LogP contribution in [0.25, 0.3) is 0 Å². The fourth-order valence-electron chi connectivity index (χ4n) is 2.73. The number of carbonyl (C=O) groups excluding carboxylic acids is 1. The maximum absolute atomic E-state index is 13.5. The Morgan fingerprint density at radius 2 is 1.59 bits per heavy atom. The van der Waals surface area contributed by atoms with Crippen molar-refractivity contribution in [3.63, 3.8) is 0 Å². The first kappa shape index (κ1) is 19.2. The van der Waals surface area contributed by atoms with Crippen molar-refractivity contribution in [1.82, 2.24) is 9.21 Å². The van der Waals surface area contributed by atoms with Gasteiger partial charge in [-0.05, 0) is 36.4 Å². The minimum absolute atomic E-state index is 0.00608. The van der Waals surface area contributed by atoms with Crippen LogP contribution in [-0.4, -0.2) is 56.3 Å². The molecule has 1 aliphatic heterocycles. The van der Waals surface area contributed by atoms with Crippen LogP contribution in [0.1, 0.15) is 0 Å². The third-order valence-corrected chi connectivity index (χ3v) is 6.14. The Morgan fingerprint density at radius 3 is 2.22 bits per heavy atom. The number of hydrogen-bond donors (Lipinski definition) is 0. The van der Waals surface area contributed by atoms with Crippen molar-refractivity contribution in [1.29, 1.82) is 0 Å². The number of rotatable bonds is 5. The lowest BCUT2D eigenvalue weighted by molar-refractivity contribution is -0.134. The average Bonchev–Trinajstić information content (AvgIpc) is 2.67. The maximum Gasteiger partial charge on any atom is 0.260 e. The summed E-state index contributed by atoms with van der Waals surface area (Å²) in [4.78, 5) is 13.7. The molecule has 144 valence electrons. The molecule has 1 saturated heterocycles. The van der Waals surface area contributed by atoms with Crippen molar-refractivity contribution in [3.8, 4) is 5.75 Å². The molecule has 1 amide bonds. The van der Waals surface area contributed by atoms with Crippen LogP contribution in [0, 0.1) is 11.6 Å². The lowest BCUT2D eigenvalue weighted by Crippen LogP contribution is -2.51. The van der Waals surface area contributed by atoms with E-state index < -0.39 is 21.7 Å². The lowest BCUT2D eigenvalue weighted by atomic mass is 10.3. The van der Waals surface area contributed by atoms with Crippen molar-refractivity contribution in [2.75, 3.05) is 32.8 Å². The predicted octanol–water partition coefficient (Wildman–Crippen LogP) is 1.88. The molecular weight excluding hydrogens is 378 g/mol. The van der Waals surface area contributed by atoms with Gasteiger partial charge in [-0.15, -0.1) is 0 Å². The summed E-state index contributed by atoms with van der Waals surface area (Å²) in [6.07, 6.45) is 0. The Morgan fingerprint density at radius 1 is 0.963 bits per heavy atom. The Hall–Kier alpha value is -2.52. The van der Waals surface area contributed by atoms with Crippen LogP contribution in [0.2, 0.25) is 0 Å². The number of hydrogen-bond acceptors (Lipinski definition) is 4. The summed E-state index contributed by atoms with van der Waals surface area (Å²) in [7, 11) is -3.74. The highest BCUT2D eigenvalue weighted by molar-refractivity contribution is 7.89. The summed E-state index contributed by atoms with van der Waals surface area (Å²) in [5.74, 6) is -1.43. The van der Waals surface area contributed by atoms with Gasteiger partial charge >= 0.3 is 0 Å². The SMILES string of the molecule is O=C(COc1ccccc1F)N1CCN(S(=O)(=O)c2ccc(F)cc2)CC1. The van der Waals surface area contributed by atoms with Crippen LogP contribution in [-0.2, 0) is 14.8 Å². The number of amides is 1. The zero-order valence-corrected chi connectivity index (χ0v) is 15.2. The number of nitrogens with zero attached hydrogens (tertiary/aromatic N) is 2. The zero-order valence-electron chi connectivity index (χ0n) is 14.3. The largest absolute Gasteiger partial charge is 0.481 e. The van der Waals surface area contributed by atoms with Gasteiger partial charge in [0.15, 0.2) is 18.2 Å². The number of carbonyl (C=O) groups is 1. The number of halogens is 2. The highest BCUT2D eigenvalue weighted by Crippen LogP contribution is 2.19. The van der Waals surface area contributed by atoms with Gasteiger partial charge in [-0.3, -0.25) is 4.79 Å². The van der Waals surface area contributed by atoms with Crippen molar-refractivity contribution in [2.24, 2.45) is 0 Å². The van der Waals surface area contributed by atoms with E-state index in [4.69, 9.17) is 4.74 Å². The minimum atomic E-state index is -3.74. The number of piperazine rings is 1. The number of para-hydroxylation sites is 1. The Balaban J connectivity index is 1.56. The summed E-state index contributed by atoms with van der Waals surface area (Å²) in [5, 5.41) is 0. The van der Waals surface area contributed by atoms with E-state index in [1.165, 1.54) is 39.5 Å². The molecule has 6 nitrogen and oxygen atoms in total. The van der Waals surface area contributed by atoms with Gasteiger partial charge in [0.2, 0.25) is 10.0 Å². The maximum atomic E-state index is 13.5. The number of benzene rings is 2. The molecule has 2 aromatic carbocycles. The topological polar surface area (TPSA) is 66.9 Å². The molecular formula is C18H18F2N2O4S. The zero-order chi connectivity index (χ0) is 19.4. The van der Waals surface area contributed by atoms with E-state index in [0.29, 0.717) is 0 Å². The molecule has 0 atom stereocenters. The highest BCUT2D eigenvalue weighted by Gasteiger charge is 2.30. The quantitative estimate of drug-likeness (QED) is 0.774. The molecule has 2 aromatic rings. The van der Waals surface area contributed by atoms with Crippen LogP contribution in [0.5, 0.6) is 5.75 Å². The lowest BCUT2D eigenvalue weighted by Gasteiger charge is -2.34. The fraction of sp³-hybridized carbons (Fsp3) is 0.278. The molecule has 1 aliphatic rings. The van der Waals surface area contributed by atoms with Gasteiger partial charge in [0, 0.05) is 26.2 Å². The molecule has 0 unspecified atom stereocenters. The van der Waals surface area contributed by atoms with Gasteiger partial charge in [-0.1, -0.05) is 12.1 Å². The molecule has 27 heavy (non-hydrogen) atoms. The van der Waals surface area contributed by atoms with E-state index >= 15 is 0 Å². The van der Waals surface area contributed by atoms with E-state index in [1.54, 1.807) is 6.07 Å². The Kier molecular flexibility index (Phi) is 5.71. The molecule has 3 rings (SSSR count). The fourth-order valence-corrected chi connectivity index (χ4v) is 4.15. The molecule has 0 saturated carbocycles. The van der Waals surface area contributed by atoms with E-state index in [2.05, 4.69) is 0 Å². The van der Waals surface area contributed by atoms with Crippen LogP contribution in [0.4, 0.5) is 8.78 Å². The number of ether oxygens (including phenoxy) is 1. The minimum Gasteiger partial charge on any atom is -0.481 e. The molecule has 1 fully saturated rings. The third kappa shape index (κ3) is 4.42. The predicted molar refractivity (Wildman–Crippen MR) is 93.6 cm³/mol. The van der Waals surface area contributed by atoms with Gasteiger partial charge in [-0.25, -0.2) is 17.2 Å². The smallest absolute Gasteiger partial charge is 0.260 e. The van der Waals surface area contributed by atoms with Crippen molar-refractivity contribution in [2.45, 2.75) is 4.90 Å². The second kappa shape index (κ2) is 8.01. The average molecular weight is 396 g/mol. The summed E-state index contributed by atoms with van der Waals surface area (Å²) in [5.41, 5.74) is 0.